The fraction of sp³-hybridized carbons (Fsp3) is 0.455. The predicted molar refractivity (Wildman–Crippen MR) is 55.8 cm³/mol. The van der Waals surface area contributed by atoms with Crippen molar-refractivity contribution in [3.05, 3.63) is 24.0 Å². The lowest BCUT2D eigenvalue weighted by Crippen LogP contribution is -2.02. The number of nitrogens with two attached hydrogens (primary N) is 1. The zero-order valence-electron chi connectivity index (χ0n) is 8.59. The van der Waals surface area contributed by atoms with E-state index in [1.54, 1.807) is 6.07 Å². The summed E-state index contributed by atoms with van der Waals surface area (Å²) in [5.41, 5.74) is 5.86. The lowest BCUT2D eigenvalue weighted by molar-refractivity contribution is 0.288. The molecule has 0 fully saturated rings. The van der Waals surface area contributed by atoms with E-state index in [1.165, 1.54) is 12.1 Å². The predicted octanol–water partition coefficient (Wildman–Crippen LogP) is 2.83. The van der Waals surface area contributed by atoms with Crippen molar-refractivity contribution in [1.82, 2.24) is 0 Å². The highest BCUT2D eigenvalue weighted by molar-refractivity contribution is 5.44. The highest BCUT2D eigenvalue weighted by atomic mass is 19.1. The van der Waals surface area contributed by atoms with Crippen LogP contribution in [0.3, 0.4) is 0 Å². The molecule has 0 unspecified atom stereocenters. The van der Waals surface area contributed by atoms with E-state index in [9.17, 15) is 4.39 Å². The first-order valence-electron chi connectivity index (χ1n) is 4.77. The maximum absolute atomic E-state index is 12.9. The number of ether oxygens (including phenoxy) is 1. The molecular formula is C11H16FNO. The average molecular weight is 197 g/mol. The molecule has 0 saturated carbocycles. The molecule has 0 aliphatic rings. The van der Waals surface area contributed by atoms with Crippen LogP contribution in [0, 0.1) is 11.7 Å². The maximum Gasteiger partial charge on any atom is 0.128 e. The molecule has 78 valence electrons. The summed E-state index contributed by atoms with van der Waals surface area (Å²) in [5.74, 6) is 0.730. The van der Waals surface area contributed by atoms with Gasteiger partial charge in [-0.3, -0.25) is 0 Å². The Morgan fingerprint density at radius 1 is 1.36 bits per heavy atom. The molecule has 0 radical (unpaired) electrons. The first-order valence-corrected chi connectivity index (χ1v) is 4.77. The summed E-state index contributed by atoms with van der Waals surface area (Å²) in [4.78, 5) is 0. The van der Waals surface area contributed by atoms with Gasteiger partial charge in [0.2, 0.25) is 0 Å². The van der Waals surface area contributed by atoms with Crippen molar-refractivity contribution in [2.24, 2.45) is 5.92 Å². The van der Waals surface area contributed by atoms with Crippen LogP contribution in [0.15, 0.2) is 18.2 Å². The van der Waals surface area contributed by atoms with Gasteiger partial charge in [0.05, 0.1) is 6.61 Å². The van der Waals surface area contributed by atoms with Crippen molar-refractivity contribution in [2.45, 2.75) is 20.3 Å². The van der Waals surface area contributed by atoms with Gasteiger partial charge in [-0.15, -0.1) is 0 Å². The third-order valence-electron chi connectivity index (χ3n) is 1.86. The van der Waals surface area contributed by atoms with Gasteiger partial charge in [-0.1, -0.05) is 13.8 Å². The molecule has 0 heterocycles. The van der Waals surface area contributed by atoms with Crippen molar-refractivity contribution < 1.29 is 9.13 Å². The molecule has 2 nitrogen and oxygen atoms in total. The standard InChI is InChI=1S/C11H16FNO/c1-8(2)3-4-14-11-6-9(12)5-10(13)7-11/h5-8H,3-4,13H2,1-2H3. The highest BCUT2D eigenvalue weighted by Crippen LogP contribution is 2.18. The molecule has 0 aliphatic heterocycles. The zero-order chi connectivity index (χ0) is 10.6. The topological polar surface area (TPSA) is 35.2 Å². The molecule has 0 atom stereocenters. The van der Waals surface area contributed by atoms with Gasteiger partial charge in [-0.05, 0) is 18.4 Å². The Hall–Kier alpha value is -1.25. The second kappa shape index (κ2) is 4.84. The molecule has 1 rings (SSSR count). The van der Waals surface area contributed by atoms with Gasteiger partial charge in [0.15, 0.2) is 0 Å². The number of nitrogen functional groups attached to an aromatic ring is 1. The van der Waals surface area contributed by atoms with Crippen LogP contribution in [-0.4, -0.2) is 6.61 Å². The summed E-state index contributed by atoms with van der Waals surface area (Å²) < 4.78 is 18.2. The van der Waals surface area contributed by atoms with Gasteiger partial charge < -0.3 is 10.5 Å². The van der Waals surface area contributed by atoms with Gasteiger partial charge in [0.25, 0.3) is 0 Å². The Bertz CT molecular complexity index is 279. The number of rotatable bonds is 4. The lowest BCUT2D eigenvalue weighted by atomic mass is 10.1. The van der Waals surface area contributed by atoms with Gasteiger partial charge in [0.1, 0.15) is 11.6 Å². The van der Waals surface area contributed by atoms with Crippen LogP contribution in [0.4, 0.5) is 10.1 Å². The Morgan fingerprint density at radius 3 is 2.64 bits per heavy atom. The SMILES string of the molecule is CC(C)CCOc1cc(N)cc(F)c1. The Kier molecular flexibility index (Phi) is 3.74. The number of benzene rings is 1. The number of anilines is 1. The van der Waals surface area contributed by atoms with Crippen LogP contribution < -0.4 is 10.5 Å². The summed E-state index contributed by atoms with van der Waals surface area (Å²) in [6, 6.07) is 4.25. The van der Waals surface area contributed by atoms with Crippen LogP contribution in [0.1, 0.15) is 20.3 Å². The van der Waals surface area contributed by atoms with Crippen LogP contribution >= 0.6 is 0 Å². The Morgan fingerprint density at radius 2 is 2.07 bits per heavy atom. The van der Waals surface area contributed by atoms with Gasteiger partial charge >= 0.3 is 0 Å². The molecule has 1 aromatic carbocycles. The normalized spacial score (nSPS) is 10.6. The molecule has 0 saturated heterocycles. The molecule has 2 N–H and O–H groups in total. The van der Waals surface area contributed by atoms with Crippen molar-refractivity contribution in [1.29, 1.82) is 0 Å². The van der Waals surface area contributed by atoms with E-state index in [2.05, 4.69) is 13.8 Å². The number of halogens is 1. The average Bonchev–Trinajstić information content (AvgIpc) is 2.01. The second-order valence-corrected chi connectivity index (χ2v) is 3.75. The molecule has 0 aromatic heterocycles. The number of hydrogen-bond acceptors (Lipinski definition) is 2. The van der Waals surface area contributed by atoms with Gasteiger partial charge in [-0.25, -0.2) is 4.39 Å². The molecule has 0 aliphatic carbocycles. The van der Waals surface area contributed by atoms with Crippen molar-refractivity contribution in [3.8, 4) is 5.75 Å². The van der Waals surface area contributed by atoms with E-state index in [1.807, 2.05) is 0 Å². The maximum atomic E-state index is 12.9. The molecule has 14 heavy (non-hydrogen) atoms. The van der Waals surface area contributed by atoms with E-state index in [0.29, 0.717) is 24.0 Å². The molecule has 1 aromatic rings. The van der Waals surface area contributed by atoms with Crippen molar-refractivity contribution in [2.75, 3.05) is 12.3 Å². The molecular weight excluding hydrogens is 181 g/mol. The fourth-order valence-corrected chi connectivity index (χ4v) is 1.08. The summed E-state index contributed by atoms with van der Waals surface area (Å²) in [6.07, 6.45) is 0.955. The molecule has 0 spiro atoms. The quantitative estimate of drug-likeness (QED) is 0.753. The van der Waals surface area contributed by atoms with Gasteiger partial charge in [-0.2, -0.15) is 0 Å². The van der Waals surface area contributed by atoms with E-state index in [-0.39, 0.29) is 5.82 Å². The van der Waals surface area contributed by atoms with Crippen LogP contribution in [0.25, 0.3) is 0 Å². The van der Waals surface area contributed by atoms with Gasteiger partial charge in [0, 0.05) is 17.8 Å². The minimum Gasteiger partial charge on any atom is -0.493 e. The minimum atomic E-state index is -0.357. The second-order valence-electron chi connectivity index (χ2n) is 3.75. The van der Waals surface area contributed by atoms with E-state index < -0.39 is 0 Å². The third-order valence-corrected chi connectivity index (χ3v) is 1.86. The summed E-state index contributed by atoms with van der Waals surface area (Å²) >= 11 is 0. The molecule has 0 bridgehead atoms. The van der Waals surface area contributed by atoms with Crippen molar-refractivity contribution in [3.63, 3.8) is 0 Å². The largest absolute Gasteiger partial charge is 0.493 e. The Labute approximate surface area is 83.9 Å². The smallest absolute Gasteiger partial charge is 0.128 e. The van der Waals surface area contributed by atoms with Crippen LogP contribution in [0.5, 0.6) is 5.75 Å². The van der Waals surface area contributed by atoms with Crippen LogP contribution in [0.2, 0.25) is 0 Å². The Balaban J connectivity index is 2.50. The highest BCUT2D eigenvalue weighted by Gasteiger charge is 2.00. The summed E-state index contributed by atoms with van der Waals surface area (Å²) in [6.45, 7) is 4.83. The monoisotopic (exact) mass is 197 g/mol. The lowest BCUT2D eigenvalue weighted by Gasteiger charge is -2.08. The van der Waals surface area contributed by atoms with Crippen molar-refractivity contribution >= 4 is 5.69 Å². The number of hydrogen-bond donors (Lipinski definition) is 1. The van der Waals surface area contributed by atoms with E-state index >= 15 is 0 Å². The summed E-state index contributed by atoms with van der Waals surface area (Å²) in [5, 5.41) is 0. The molecule has 3 heteroatoms. The summed E-state index contributed by atoms with van der Waals surface area (Å²) in [7, 11) is 0. The van der Waals surface area contributed by atoms with Crippen LogP contribution in [-0.2, 0) is 0 Å². The third kappa shape index (κ3) is 3.64. The first-order chi connectivity index (χ1) is 6.58. The van der Waals surface area contributed by atoms with E-state index in [0.717, 1.165) is 6.42 Å². The first kappa shape index (κ1) is 10.8. The fourth-order valence-electron chi connectivity index (χ4n) is 1.08. The molecule has 0 amide bonds. The minimum absolute atomic E-state index is 0.357. The van der Waals surface area contributed by atoms with E-state index in [4.69, 9.17) is 10.5 Å². The zero-order valence-corrected chi connectivity index (χ0v) is 8.59.